The van der Waals surface area contributed by atoms with E-state index in [4.69, 9.17) is 4.98 Å². The molecular weight excluding hydrogens is 232 g/mol. The molecule has 0 bridgehead atoms. The Morgan fingerprint density at radius 1 is 0.842 bits per heavy atom. The number of anilines is 1. The quantitative estimate of drug-likeness (QED) is 0.682. The Morgan fingerprint density at radius 3 is 2.32 bits per heavy atom. The van der Waals surface area contributed by atoms with Gasteiger partial charge in [-0.25, -0.2) is 4.98 Å². The van der Waals surface area contributed by atoms with Crippen molar-refractivity contribution in [1.29, 1.82) is 0 Å². The van der Waals surface area contributed by atoms with E-state index in [1.807, 2.05) is 32.3 Å². The summed E-state index contributed by atoms with van der Waals surface area (Å²) in [6, 6.07) is 20.8. The van der Waals surface area contributed by atoms with E-state index < -0.39 is 0 Å². The second-order valence-electron chi connectivity index (χ2n) is 4.83. The Kier molecular flexibility index (Phi) is 2.92. The lowest BCUT2D eigenvalue weighted by molar-refractivity contribution is 1.13. The highest BCUT2D eigenvalue weighted by Crippen LogP contribution is 2.23. The third-order valence-electron chi connectivity index (χ3n) is 3.26. The van der Waals surface area contributed by atoms with Gasteiger partial charge in [0.2, 0.25) is 0 Å². The topological polar surface area (TPSA) is 16.1 Å². The van der Waals surface area contributed by atoms with Gasteiger partial charge in [0.1, 0.15) is 0 Å². The molecular formula is C17H16N2. The third-order valence-corrected chi connectivity index (χ3v) is 3.26. The molecule has 0 amide bonds. The van der Waals surface area contributed by atoms with Crippen molar-refractivity contribution < 1.29 is 0 Å². The van der Waals surface area contributed by atoms with E-state index in [0.29, 0.717) is 0 Å². The fraction of sp³-hybridized carbons (Fsp3) is 0.118. The van der Waals surface area contributed by atoms with Crippen molar-refractivity contribution in [1.82, 2.24) is 4.98 Å². The first kappa shape index (κ1) is 11.7. The SMILES string of the molecule is CN(C)c1ccc2ccc(-c3ccccc3)nc2c1. The minimum absolute atomic E-state index is 1.02. The molecule has 3 aromatic rings. The number of hydrogen-bond donors (Lipinski definition) is 0. The van der Waals surface area contributed by atoms with Crippen LogP contribution in [0.3, 0.4) is 0 Å². The molecule has 0 aliphatic rings. The molecule has 0 spiro atoms. The Balaban J connectivity index is 2.14. The van der Waals surface area contributed by atoms with Gasteiger partial charge in [-0.3, -0.25) is 0 Å². The van der Waals surface area contributed by atoms with E-state index in [1.165, 1.54) is 11.1 Å². The van der Waals surface area contributed by atoms with Crippen molar-refractivity contribution in [3.05, 3.63) is 60.7 Å². The van der Waals surface area contributed by atoms with E-state index in [9.17, 15) is 0 Å². The van der Waals surface area contributed by atoms with Crippen LogP contribution < -0.4 is 4.90 Å². The summed E-state index contributed by atoms with van der Waals surface area (Å²) in [6.45, 7) is 0. The number of benzene rings is 2. The van der Waals surface area contributed by atoms with Crippen LogP contribution in [0.4, 0.5) is 5.69 Å². The lowest BCUT2D eigenvalue weighted by Crippen LogP contribution is -2.08. The minimum atomic E-state index is 1.02. The largest absolute Gasteiger partial charge is 0.378 e. The standard InChI is InChI=1S/C17H16N2/c1-19(2)15-10-8-14-9-11-16(18-17(14)12-15)13-6-4-3-5-7-13/h3-12H,1-2H3. The summed E-state index contributed by atoms with van der Waals surface area (Å²) in [5.74, 6) is 0. The molecule has 0 atom stereocenters. The first-order valence-corrected chi connectivity index (χ1v) is 6.37. The molecule has 3 rings (SSSR count). The lowest BCUT2D eigenvalue weighted by atomic mass is 10.1. The maximum absolute atomic E-state index is 4.76. The zero-order chi connectivity index (χ0) is 13.2. The highest BCUT2D eigenvalue weighted by Gasteiger charge is 2.03. The van der Waals surface area contributed by atoms with Gasteiger partial charge in [-0.05, 0) is 18.2 Å². The van der Waals surface area contributed by atoms with Crippen molar-refractivity contribution in [2.45, 2.75) is 0 Å². The van der Waals surface area contributed by atoms with E-state index >= 15 is 0 Å². The van der Waals surface area contributed by atoms with Crippen LogP contribution in [0.5, 0.6) is 0 Å². The van der Waals surface area contributed by atoms with Crippen molar-refractivity contribution in [3.8, 4) is 11.3 Å². The second-order valence-corrected chi connectivity index (χ2v) is 4.83. The van der Waals surface area contributed by atoms with Crippen LogP contribution in [-0.4, -0.2) is 19.1 Å². The van der Waals surface area contributed by atoms with Crippen LogP contribution in [0.25, 0.3) is 22.2 Å². The molecule has 1 heterocycles. The van der Waals surface area contributed by atoms with Gasteiger partial charge in [0.25, 0.3) is 0 Å². The van der Waals surface area contributed by atoms with E-state index in [1.54, 1.807) is 0 Å². The Labute approximate surface area is 113 Å². The minimum Gasteiger partial charge on any atom is -0.378 e. The van der Waals surface area contributed by atoms with Crippen LogP contribution in [0.1, 0.15) is 0 Å². The molecule has 0 saturated heterocycles. The molecule has 0 aliphatic heterocycles. The van der Waals surface area contributed by atoms with Gasteiger partial charge >= 0.3 is 0 Å². The first-order chi connectivity index (χ1) is 9.24. The Morgan fingerprint density at radius 2 is 1.58 bits per heavy atom. The molecule has 0 unspecified atom stereocenters. The molecule has 2 heteroatoms. The zero-order valence-corrected chi connectivity index (χ0v) is 11.2. The summed E-state index contributed by atoms with van der Waals surface area (Å²) in [7, 11) is 4.09. The monoisotopic (exact) mass is 248 g/mol. The van der Waals surface area contributed by atoms with Gasteiger partial charge in [0.05, 0.1) is 11.2 Å². The van der Waals surface area contributed by atoms with Gasteiger partial charge in [-0.15, -0.1) is 0 Å². The van der Waals surface area contributed by atoms with Gasteiger partial charge in [-0.2, -0.15) is 0 Å². The van der Waals surface area contributed by atoms with E-state index in [2.05, 4.69) is 47.4 Å². The molecule has 2 aromatic carbocycles. The number of nitrogens with zero attached hydrogens (tertiary/aromatic N) is 2. The van der Waals surface area contributed by atoms with Crippen LogP contribution >= 0.6 is 0 Å². The molecule has 0 N–H and O–H groups in total. The number of hydrogen-bond acceptors (Lipinski definition) is 2. The van der Waals surface area contributed by atoms with Gasteiger partial charge < -0.3 is 4.90 Å². The average molecular weight is 248 g/mol. The van der Waals surface area contributed by atoms with Crippen molar-refractivity contribution in [3.63, 3.8) is 0 Å². The van der Waals surface area contributed by atoms with Crippen LogP contribution in [0.2, 0.25) is 0 Å². The summed E-state index contributed by atoms with van der Waals surface area (Å²) >= 11 is 0. The highest BCUT2D eigenvalue weighted by atomic mass is 15.1. The summed E-state index contributed by atoms with van der Waals surface area (Å²) in [6.07, 6.45) is 0. The van der Waals surface area contributed by atoms with Gasteiger partial charge in [-0.1, -0.05) is 42.5 Å². The summed E-state index contributed by atoms with van der Waals surface area (Å²) in [5, 5.41) is 1.17. The van der Waals surface area contributed by atoms with E-state index in [-0.39, 0.29) is 0 Å². The first-order valence-electron chi connectivity index (χ1n) is 6.37. The fourth-order valence-corrected chi connectivity index (χ4v) is 2.15. The number of fused-ring (bicyclic) bond motifs is 1. The molecule has 0 radical (unpaired) electrons. The number of pyridine rings is 1. The molecule has 19 heavy (non-hydrogen) atoms. The van der Waals surface area contributed by atoms with Crippen molar-refractivity contribution in [2.24, 2.45) is 0 Å². The summed E-state index contributed by atoms with van der Waals surface area (Å²) in [4.78, 5) is 6.86. The maximum atomic E-state index is 4.76. The van der Waals surface area contributed by atoms with Crippen LogP contribution in [0, 0.1) is 0 Å². The van der Waals surface area contributed by atoms with Crippen LogP contribution in [0.15, 0.2) is 60.7 Å². The smallest absolute Gasteiger partial charge is 0.0730 e. The van der Waals surface area contributed by atoms with Crippen LogP contribution in [-0.2, 0) is 0 Å². The summed E-state index contributed by atoms with van der Waals surface area (Å²) in [5.41, 5.74) is 4.38. The Hall–Kier alpha value is -2.35. The van der Waals surface area contributed by atoms with Gasteiger partial charge in [0.15, 0.2) is 0 Å². The predicted molar refractivity (Wildman–Crippen MR) is 81.5 cm³/mol. The van der Waals surface area contributed by atoms with Crippen molar-refractivity contribution >= 4 is 16.6 Å². The molecule has 2 nitrogen and oxygen atoms in total. The highest BCUT2D eigenvalue weighted by molar-refractivity contribution is 5.84. The molecule has 1 aromatic heterocycles. The van der Waals surface area contributed by atoms with Crippen molar-refractivity contribution in [2.75, 3.05) is 19.0 Å². The lowest BCUT2D eigenvalue weighted by Gasteiger charge is -2.13. The normalized spacial score (nSPS) is 10.6. The predicted octanol–water partition coefficient (Wildman–Crippen LogP) is 3.97. The molecule has 94 valence electrons. The van der Waals surface area contributed by atoms with Gasteiger partial charge in [0, 0.05) is 30.7 Å². The Bertz CT molecular complexity index is 703. The summed E-state index contributed by atoms with van der Waals surface area (Å²) < 4.78 is 0. The maximum Gasteiger partial charge on any atom is 0.0730 e. The molecule has 0 fully saturated rings. The number of rotatable bonds is 2. The van der Waals surface area contributed by atoms with E-state index in [0.717, 1.165) is 16.8 Å². The third kappa shape index (κ3) is 2.29. The number of aromatic nitrogens is 1. The second kappa shape index (κ2) is 4.73. The molecule has 0 aliphatic carbocycles. The molecule has 0 saturated carbocycles. The fourth-order valence-electron chi connectivity index (χ4n) is 2.15. The average Bonchev–Trinajstić information content (AvgIpc) is 2.47. The zero-order valence-electron chi connectivity index (χ0n) is 11.2.